The third-order valence-electron chi connectivity index (χ3n) is 3.85. The van der Waals surface area contributed by atoms with Gasteiger partial charge in [-0.25, -0.2) is 0 Å². The molecule has 0 saturated carbocycles. The van der Waals surface area contributed by atoms with Gasteiger partial charge < -0.3 is 9.84 Å². The molecular weight excluding hydrogens is 236 g/mol. The Morgan fingerprint density at radius 1 is 0.895 bits per heavy atom. The summed E-state index contributed by atoms with van der Waals surface area (Å²) in [6.07, 6.45) is -0.141. The van der Waals surface area contributed by atoms with Gasteiger partial charge in [0.2, 0.25) is 0 Å². The molecule has 2 heteroatoms. The maximum atomic E-state index is 9.45. The number of epoxide rings is 1. The van der Waals surface area contributed by atoms with E-state index in [9.17, 15) is 5.11 Å². The molecule has 1 fully saturated rings. The zero-order chi connectivity index (χ0) is 13.5. The van der Waals surface area contributed by atoms with Crippen LogP contribution in [0, 0.1) is 13.8 Å². The zero-order valence-electron chi connectivity index (χ0n) is 11.3. The van der Waals surface area contributed by atoms with Crippen molar-refractivity contribution in [2.24, 2.45) is 0 Å². The van der Waals surface area contributed by atoms with Crippen molar-refractivity contribution in [3.63, 3.8) is 0 Å². The molecule has 2 nitrogen and oxygen atoms in total. The molecular formula is C17H18O2. The molecule has 19 heavy (non-hydrogen) atoms. The van der Waals surface area contributed by atoms with Gasteiger partial charge in [0.1, 0.15) is 11.7 Å². The van der Waals surface area contributed by atoms with E-state index in [1.807, 2.05) is 0 Å². The van der Waals surface area contributed by atoms with Crippen molar-refractivity contribution in [1.29, 1.82) is 0 Å². The SMILES string of the molecule is Cc1ccc(C2(c3ccc(C)cc3)O[C@H]2CO)cc1. The Kier molecular flexibility index (Phi) is 2.92. The second kappa shape index (κ2) is 4.48. The molecule has 0 amide bonds. The Morgan fingerprint density at radius 3 is 1.63 bits per heavy atom. The molecule has 98 valence electrons. The van der Waals surface area contributed by atoms with Crippen molar-refractivity contribution in [2.75, 3.05) is 6.61 Å². The summed E-state index contributed by atoms with van der Waals surface area (Å²) in [6.45, 7) is 4.18. The zero-order valence-corrected chi connectivity index (χ0v) is 11.3. The number of hydrogen-bond donors (Lipinski definition) is 1. The second-order valence-electron chi connectivity index (χ2n) is 5.26. The van der Waals surface area contributed by atoms with Crippen LogP contribution < -0.4 is 0 Å². The summed E-state index contributed by atoms with van der Waals surface area (Å²) in [6, 6.07) is 16.7. The van der Waals surface area contributed by atoms with Gasteiger partial charge in [-0.05, 0) is 25.0 Å². The van der Waals surface area contributed by atoms with Crippen LogP contribution in [-0.2, 0) is 10.3 Å². The largest absolute Gasteiger partial charge is 0.394 e. The lowest BCUT2D eigenvalue weighted by atomic mass is 9.87. The smallest absolute Gasteiger partial charge is 0.147 e. The van der Waals surface area contributed by atoms with Gasteiger partial charge in [0.05, 0.1) is 6.61 Å². The van der Waals surface area contributed by atoms with Crippen molar-refractivity contribution < 1.29 is 9.84 Å². The van der Waals surface area contributed by atoms with E-state index < -0.39 is 5.60 Å². The van der Waals surface area contributed by atoms with Crippen molar-refractivity contribution in [2.45, 2.75) is 25.6 Å². The molecule has 0 spiro atoms. The quantitative estimate of drug-likeness (QED) is 0.854. The minimum absolute atomic E-state index is 0.0434. The van der Waals surface area contributed by atoms with Crippen LogP contribution in [0.3, 0.4) is 0 Å². The molecule has 1 aliphatic rings. The van der Waals surface area contributed by atoms with Gasteiger partial charge in [0.15, 0.2) is 0 Å². The van der Waals surface area contributed by atoms with Crippen LogP contribution in [0.4, 0.5) is 0 Å². The van der Waals surface area contributed by atoms with Crippen LogP contribution in [0.2, 0.25) is 0 Å². The first kappa shape index (κ1) is 12.4. The predicted molar refractivity (Wildman–Crippen MR) is 75.1 cm³/mol. The molecule has 1 heterocycles. The number of aryl methyl sites for hydroxylation is 2. The maximum absolute atomic E-state index is 9.45. The third-order valence-corrected chi connectivity index (χ3v) is 3.85. The average Bonchev–Trinajstić information content (AvgIpc) is 3.16. The number of aliphatic hydroxyl groups is 1. The molecule has 0 aliphatic carbocycles. The molecule has 2 aromatic rings. The van der Waals surface area contributed by atoms with Crippen LogP contribution in [0.25, 0.3) is 0 Å². The van der Waals surface area contributed by atoms with Crippen LogP contribution >= 0.6 is 0 Å². The lowest BCUT2D eigenvalue weighted by molar-refractivity contribution is 0.238. The highest BCUT2D eigenvalue weighted by Crippen LogP contribution is 2.51. The summed E-state index contributed by atoms with van der Waals surface area (Å²) in [4.78, 5) is 0. The summed E-state index contributed by atoms with van der Waals surface area (Å²) in [7, 11) is 0. The summed E-state index contributed by atoms with van der Waals surface area (Å²) in [5.41, 5.74) is 4.21. The van der Waals surface area contributed by atoms with Crippen molar-refractivity contribution in [3.8, 4) is 0 Å². The fourth-order valence-corrected chi connectivity index (χ4v) is 2.63. The minimum Gasteiger partial charge on any atom is -0.394 e. The fraction of sp³-hybridized carbons (Fsp3) is 0.294. The molecule has 0 unspecified atom stereocenters. The normalized spacial score (nSPS) is 20.3. The molecule has 1 aliphatic heterocycles. The Balaban J connectivity index is 2.05. The van der Waals surface area contributed by atoms with E-state index in [1.165, 1.54) is 11.1 Å². The lowest BCUT2D eigenvalue weighted by Crippen LogP contribution is -2.17. The van der Waals surface area contributed by atoms with E-state index in [0.717, 1.165) is 11.1 Å². The molecule has 1 saturated heterocycles. The molecule has 0 aromatic heterocycles. The van der Waals surface area contributed by atoms with Crippen LogP contribution in [0.15, 0.2) is 48.5 Å². The van der Waals surface area contributed by atoms with E-state index in [2.05, 4.69) is 62.4 Å². The van der Waals surface area contributed by atoms with Crippen molar-refractivity contribution in [3.05, 3.63) is 70.8 Å². The monoisotopic (exact) mass is 254 g/mol. The summed E-state index contributed by atoms with van der Waals surface area (Å²) < 4.78 is 5.86. The summed E-state index contributed by atoms with van der Waals surface area (Å²) >= 11 is 0. The molecule has 3 rings (SSSR count). The first-order valence-corrected chi connectivity index (χ1v) is 6.60. The average molecular weight is 254 g/mol. The highest BCUT2D eigenvalue weighted by molar-refractivity contribution is 5.44. The van der Waals surface area contributed by atoms with Gasteiger partial charge in [0, 0.05) is 0 Å². The van der Waals surface area contributed by atoms with Gasteiger partial charge >= 0.3 is 0 Å². The van der Waals surface area contributed by atoms with Crippen LogP contribution in [0.5, 0.6) is 0 Å². The first-order valence-electron chi connectivity index (χ1n) is 6.60. The van der Waals surface area contributed by atoms with E-state index in [-0.39, 0.29) is 12.7 Å². The van der Waals surface area contributed by atoms with Crippen molar-refractivity contribution in [1.82, 2.24) is 0 Å². The van der Waals surface area contributed by atoms with Gasteiger partial charge in [-0.1, -0.05) is 59.7 Å². The number of benzene rings is 2. The van der Waals surface area contributed by atoms with Crippen LogP contribution in [0.1, 0.15) is 22.3 Å². The maximum Gasteiger partial charge on any atom is 0.147 e. The summed E-state index contributed by atoms with van der Waals surface area (Å²) in [5.74, 6) is 0. The molecule has 0 bridgehead atoms. The highest BCUT2D eigenvalue weighted by atomic mass is 16.6. The van der Waals surface area contributed by atoms with Gasteiger partial charge in [-0.2, -0.15) is 0 Å². The standard InChI is InChI=1S/C17H18O2/c1-12-3-7-14(8-4-12)17(16(11-18)19-17)15-9-5-13(2)6-10-15/h3-10,16,18H,11H2,1-2H3/t16-/m0/s1. The first-order chi connectivity index (χ1) is 9.16. The molecule has 0 radical (unpaired) electrons. The molecule has 1 N–H and O–H groups in total. The third kappa shape index (κ3) is 1.97. The van der Waals surface area contributed by atoms with Crippen molar-refractivity contribution >= 4 is 0 Å². The number of rotatable bonds is 3. The Morgan fingerprint density at radius 2 is 1.32 bits per heavy atom. The summed E-state index contributed by atoms with van der Waals surface area (Å²) in [5, 5.41) is 9.45. The Bertz CT molecular complexity index is 524. The highest BCUT2D eigenvalue weighted by Gasteiger charge is 2.58. The van der Waals surface area contributed by atoms with E-state index in [1.54, 1.807) is 0 Å². The number of ether oxygens (including phenoxy) is 1. The fourth-order valence-electron chi connectivity index (χ4n) is 2.63. The Labute approximate surface area is 113 Å². The minimum atomic E-state index is -0.462. The predicted octanol–water partition coefficient (Wildman–Crippen LogP) is 2.94. The van der Waals surface area contributed by atoms with Crippen LogP contribution in [-0.4, -0.2) is 17.8 Å². The van der Waals surface area contributed by atoms with Gasteiger partial charge in [-0.15, -0.1) is 0 Å². The van der Waals surface area contributed by atoms with Gasteiger partial charge in [-0.3, -0.25) is 0 Å². The van der Waals surface area contributed by atoms with E-state index in [4.69, 9.17) is 4.74 Å². The lowest BCUT2D eigenvalue weighted by Gasteiger charge is -2.14. The number of hydrogen-bond acceptors (Lipinski definition) is 2. The van der Waals surface area contributed by atoms with E-state index in [0.29, 0.717) is 0 Å². The Hall–Kier alpha value is -1.64. The van der Waals surface area contributed by atoms with Gasteiger partial charge in [0.25, 0.3) is 0 Å². The molecule has 1 atom stereocenters. The molecule has 2 aromatic carbocycles. The second-order valence-corrected chi connectivity index (χ2v) is 5.26. The van der Waals surface area contributed by atoms with E-state index >= 15 is 0 Å². The number of aliphatic hydroxyl groups excluding tert-OH is 1. The topological polar surface area (TPSA) is 32.8 Å².